The summed E-state index contributed by atoms with van der Waals surface area (Å²) < 4.78 is 0. The minimum absolute atomic E-state index is 0.684. The first kappa shape index (κ1) is 15.7. The molecule has 0 saturated heterocycles. The van der Waals surface area contributed by atoms with Crippen molar-refractivity contribution in [2.24, 2.45) is 5.73 Å². The molecule has 3 rings (SSSR count). The Kier molecular flexibility index (Phi) is 5.35. The highest BCUT2D eigenvalue weighted by molar-refractivity contribution is 5.78. The Balaban J connectivity index is 1.67. The molecular weight excluding hydrogens is 282 g/mol. The smallest absolute Gasteiger partial charge is 0.0702 e. The van der Waals surface area contributed by atoms with E-state index in [4.69, 9.17) is 5.73 Å². The fourth-order valence-electron chi connectivity index (χ4n) is 2.87. The van der Waals surface area contributed by atoms with E-state index >= 15 is 0 Å². The fraction of sp³-hybridized carbons (Fsp3) is 0.250. The number of nitrogens with zero attached hydrogens (tertiary/aromatic N) is 2. The number of benzene rings is 2. The van der Waals surface area contributed by atoms with Crippen LogP contribution in [0.15, 0.2) is 66.9 Å². The molecule has 23 heavy (non-hydrogen) atoms. The van der Waals surface area contributed by atoms with E-state index in [-0.39, 0.29) is 0 Å². The number of fused-ring (bicyclic) bond motifs is 1. The van der Waals surface area contributed by atoms with Gasteiger partial charge in [0.15, 0.2) is 0 Å². The number of aromatic nitrogens is 1. The lowest BCUT2D eigenvalue weighted by molar-refractivity contribution is 0.276. The van der Waals surface area contributed by atoms with Crippen LogP contribution in [0.25, 0.3) is 10.9 Å². The van der Waals surface area contributed by atoms with E-state index < -0.39 is 0 Å². The molecule has 3 heteroatoms. The number of pyridine rings is 1. The monoisotopic (exact) mass is 305 g/mol. The van der Waals surface area contributed by atoms with E-state index in [0.29, 0.717) is 6.54 Å². The summed E-state index contributed by atoms with van der Waals surface area (Å²) in [6, 6.07) is 21.2. The predicted octanol–water partition coefficient (Wildman–Crippen LogP) is 3.24. The SMILES string of the molecule is NCCN(CCc1ccccc1)Cc1ccc2ncccc2c1. The molecule has 0 unspecified atom stereocenters. The summed E-state index contributed by atoms with van der Waals surface area (Å²) in [5, 5.41) is 1.20. The quantitative estimate of drug-likeness (QED) is 0.728. The first-order valence-electron chi connectivity index (χ1n) is 8.15. The van der Waals surface area contributed by atoms with E-state index in [9.17, 15) is 0 Å². The van der Waals surface area contributed by atoms with Crippen molar-refractivity contribution in [2.75, 3.05) is 19.6 Å². The summed E-state index contributed by atoms with van der Waals surface area (Å²) >= 11 is 0. The van der Waals surface area contributed by atoms with Crippen LogP contribution in [-0.4, -0.2) is 29.5 Å². The average Bonchev–Trinajstić information content (AvgIpc) is 2.61. The number of hydrogen-bond acceptors (Lipinski definition) is 3. The molecule has 3 nitrogen and oxygen atoms in total. The molecular formula is C20H23N3. The maximum Gasteiger partial charge on any atom is 0.0702 e. The van der Waals surface area contributed by atoms with Crippen molar-refractivity contribution in [3.8, 4) is 0 Å². The summed E-state index contributed by atoms with van der Waals surface area (Å²) in [7, 11) is 0. The lowest BCUT2D eigenvalue weighted by Gasteiger charge is -2.22. The van der Waals surface area contributed by atoms with Gasteiger partial charge in [0.25, 0.3) is 0 Å². The minimum atomic E-state index is 0.684. The van der Waals surface area contributed by atoms with Gasteiger partial charge in [0.2, 0.25) is 0 Å². The van der Waals surface area contributed by atoms with Crippen LogP contribution in [0.4, 0.5) is 0 Å². The third-order valence-corrected chi connectivity index (χ3v) is 4.08. The van der Waals surface area contributed by atoms with Gasteiger partial charge >= 0.3 is 0 Å². The molecule has 0 saturated carbocycles. The van der Waals surface area contributed by atoms with Crippen LogP contribution in [0.1, 0.15) is 11.1 Å². The van der Waals surface area contributed by atoms with Crippen LogP contribution < -0.4 is 5.73 Å². The molecule has 0 fully saturated rings. The van der Waals surface area contributed by atoms with Gasteiger partial charge in [-0.3, -0.25) is 9.88 Å². The Morgan fingerprint density at radius 3 is 2.57 bits per heavy atom. The summed E-state index contributed by atoms with van der Waals surface area (Å²) in [6.07, 6.45) is 2.89. The first-order valence-corrected chi connectivity index (χ1v) is 8.15. The maximum atomic E-state index is 5.79. The first-order chi connectivity index (χ1) is 11.3. The van der Waals surface area contributed by atoms with Crippen LogP contribution >= 0.6 is 0 Å². The molecule has 0 aliphatic carbocycles. The molecule has 0 spiro atoms. The van der Waals surface area contributed by atoms with Crippen LogP contribution in [0.5, 0.6) is 0 Å². The fourth-order valence-corrected chi connectivity index (χ4v) is 2.87. The number of rotatable bonds is 7. The highest BCUT2D eigenvalue weighted by atomic mass is 15.1. The molecule has 2 N–H and O–H groups in total. The summed E-state index contributed by atoms with van der Waals surface area (Å²) in [5.41, 5.74) is 9.52. The topological polar surface area (TPSA) is 42.1 Å². The Labute approximate surface area is 137 Å². The van der Waals surface area contributed by atoms with Gasteiger partial charge in [-0.05, 0) is 35.7 Å². The molecule has 1 aromatic heterocycles. The predicted molar refractivity (Wildman–Crippen MR) is 96.2 cm³/mol. The lowest BCUT2D eigenvalue weighted by Crippen LogP contribution is -2.31. The van der Waals surface area contributed by atoms with Crippen molar-refractivity contribution in [1.82, 2.24) is 9.88 Å². The Bertz CT molecular complexity index is 740. The van der Waals surface area contributed by atoms with Crippen molar-refractivity contribution < 1.29 is 0 Å². The average molecular weight is 305 g/mol. The van der Waals surface area contributed by atoms with Gasteiger partial charge in [0.05, 0.1) is 5.52 Å². The van der Waals surface area contributed by atoms with Gasteiger partial charge < -0.3 is 5.73 Å². The van der Waals surface area contributed by atoms with E-state index in [1.54, 1.807) is 0 Å². The normalized spacial score (nSPS) is 11.2. The molecule has 0 bridgehead atoms. The third-order valence-electron chi connectivity index (χ3n) is 4.08. The van der Waals surface area contributed by atoms with Gasteiger partial charge in [-0.1, -0.05) is 42.5 Å². The zero-order valence-corrected chi connectivity index (χ0v) is 13.4. The Morgan fingerprint density at radius 1 is 0.870 bits per heavy atom. The van der Waals surface area contributed by atoms with E-state index in [2.05, 4.69) is 64.5 Å². The van der Waals surface area contributed by atoms with Crippen molar-refractivity contribution in [2.45, 2.75) is 13.0 Å². The molecule has 0 atom stereocenters. The molecule has 1 heterocycles. The minimum Gasteiger partial charge on any atom is -0.329 e. The second kappa shape index (κ2) is 7.86. The standard InChI is InChI=1S/C20H23N3/c21-11-14-23(13-10-17-5-2-1-3-6-17)16-18-8-9-20-19(15-18)7-4-12-22-20/h1-9,12,15H,10-11,13-14,16,21H2. The summed E-state index contributed by atoms with van der Waals surface area (Å²) in [6.45, 7) is 3.54. The zero-order valence-electron chi connectivity index (χ0n) is 13.4. The van der Waals surface area contributed by atoms with Gasteiger partial charge in [0, 0.05) is 37.8 Å². The zero-order chi connectivity index (χ0) is 15.9. The Hall–Kier alpha value is -2.23. The molecule has 0 aliphatic heterocycles. The maximum absolute atomic E-state index is 5.79. The second-order valence-electron chi connectivity index (χ2n) is 5.83. The van der Waals surface area contributed by atoms with E-state index in [1.807, 2.05) is 12.3 Å². The van der Waals surface area contributed by atoms with E-state index in [0.717, 1.165) is 31.6 Å². The highest BCUT2D eigenvalue weighted by Gasteiger charge is 2.06. The largest absolute Gasteiger partial charge is 0.329 e. The van der Waals surface area contributed by atoms with Crippen LogP contribution in [0.2, 0.25) is 0 Å². The van der Waals surface area contributed by atoms with Crippen molar-refractivity contribution in [3.63, 3.8) is 0 Å². The Morgan fingerprint density at radius 2 is 1.74 bits per heavy atom. The lowest BCUT2D eigenvalue weighted by atomic mass is 10.1. The van der Waals surface area contributed by atoms with Crippen molar-refractivity contribution in [3.05, 3.63) is 78.0 Å². The van der Waals surface area contributed by atoms with Crippen LogP contribution in [0.3, 0.4) is 0 Å². The van der Waals surface area contributed by atoms with Crippen molar-refractivity contribution in [1.29, 1.82) is 0 Å². The summed E-state index contributed by atoms with van der Waals surface area (Å²) in [4.78, 5) is 6.80. The molecule has 0 amide bonds. The van der Waals surface area contributed by atoms with Gasteiger partial charge in [0.1, 0.15) is 0 Å². The molecule has 0 radical (unpaired) electrons. The number of hydrogen-bond donors (Lipinski definition) is 1. The van der Waals surface area contributed by atoms with Gasteiger partial charge in [-0.25, -0.2) is 0 Å². The van der Waals surface area contributed by atoms with Crippen LogP contribution in [-0.2, 0) is 13.0 Å². The molecule has 2 aromatic carbocycles. The number of nitrogens with two attached hydrogens (primary N) is 1. The van der Waals surface area contributed by atoms with E-state index in [1.165, 1.54) is 16.5 Å². The van der Waals surface area contributed by atoms with Crippen molar-refractivity contribution >= 4 is 10.9 Å². The molecule has 0 aliphatic rings. The van der Waals surface area contributed by atoms with Gasteiger partial charge in [-0.2, -0.15) is 0 Å². The van der Waals surface area contributed by atoms with Gasteiger partial charge in [-0.15, -0.1) is 0 Å². The second-order valence-corrected chi connectivity index (χ2v) is 5.83. The highest BCUT2D eigenvalue weighted by Crippen LogP contribution is 2.15. The van der Waals surface area contributed by atoms with Crippen LogP contribution in [0, 0.1) is 0 Å². The molecule has 3 aromatic rings. The third kappa shape index (κ3) is 4.38. The molecule has 118 valence electrons. The summed E-state index contributed by atoms with van der Waals surface area (Å²) in [5.74, 6) is 0.